The summed E-state index contributed by atoms with van der Waals surface area (Å²) in [4.78, 5) is 43.2. The van der Waals surface area contributed by atoms with E-state index in [1.54, 1.807) is 6.07 Å². The smallest absolute Gasteiger partial charge is 0.318 e. The Hall–Kier alpha value is -5.64. The van der Waals surface area contributed by atoms with Gasteiger partial charge in [-0.3, -0.25) is 35.1 Å². The van der Waals surface area contributed by atoms with Gasteiger partial charge in [0.15, 0.2) is 0 Å². The van der Waals surface area contributed by atoms with E-state index in [2.05, 4.69) is 5.32 Å². The number of nitrogens with zero attached hydrogens (tertiary/aromatic N) is 4. The van der Waals surface area contributed by atoms with Gasteiger partial charge in [0.1, 0.15) is 17.4 Å². The first-order chi connectivity index (χ1) is 16.7. The molecule has 0 unspecified atom stereocenters. The van der Waals surface area contributed by atoms with E-state index in [0.29, 0.717) is 5.56 Å². The highest BCUT2D eigenvalue weighted by Crippen LogP contribution is 2.34. The predicted octanol–water partition coefficient (Wildman–Crippen LogP) is 4.75. The first-order valence-electron chi connectivity index (χ1n) is 9.56. The molecule has 0 spiro atoms. The van der Waals surface area contributed by atoms with Crippen molar-refractivity contribution < 1.29 is 24.3 Å². The molecule has 1 amide bonds. The number of non-ortho nitro benzene ring substituents is 2. The van der Waals surface area contributed by atoms with Crippen molar-refractivity contribution in [3.05, 3.63) is 108 Å². The largest absolute Gasteiger partial charge is 0.450 e. The lowest BCUT2D eigenvalue weighted by Gasteiger charge is -2.07. The van der Waals surface area contributed by atoms with E-state index in [-0.39, 0.29) is 28.4 Å². The van der Waals surface area contributed by atoms with Gasteiger partial charge in [-0.05, 0) is 35.9 Å². The predicted molar refractivity (Wildman–Crippen MR) is 122 cm³/mol. The zero-order valence-corrected chi connectivity index (χ0v) is 17.5. The van der Waals surface area contributed by atoms with Crippen LogP contribution in [0.3, 0.4) is 0 Å². The number of carbonyl (C=O) groups is 1. The Balaban J connectivity index is 1.77. The fourth-order valence-electron chi connectivity index (χ4n) is 2.82. The quantitative estimate of drug-likeness (QED) is 0.207. The van der Waals surface area contributed by atoms with Crippen LogP contribution in [0.1, 0.15) is 5.56 Å². The van der Waals surface area contributed by atoms with Crippen molar-refractivity contribution in [3.8, 4) is 17.6 Å². The third-order valence-corrected chi connectivity index (χ3v) is 4.45. The number of carbonyl (C=O) groups excluding carboxylic acids is 1. The summed E-state index contributed by atoms with van der Waals surface area (Å²) in [6, 6.07) is 15.7. The van der Waals surface area contributed by atoms with Crippen LogP contribution in [0.4, 0.5) is 22.7 Å². The summed E-state index contributed by atoms with van der Waals surface area (Å²) in [6.45, 7) is 0. The topological polar surface area (TPSA) is 192 Å². The van der Waals surface area contributed by atoms with Crippen molar-refractivity contribution in [3.63, 3.8) is 0 Å². The Morgan fingerprint density at radius 2 is 1.54 bits per heavy atom. The molecule has 3 aromatic carbocycles. The molecule has 0 bridgehead atoms. The second-order valence-corrected chi connectivity index (χ2v) is 6.77. The summed E-state index contributed by atoms with van der Waals surface area (Å²) in [5.41, 5.74) is -1.00. The summed E-state index contributed by atoms with van der Waals surface area (Å²) >= 11 is 0. The molecule has 0 heterocycles. The molecule has 0 saturated carbocycles. The minimum Gasteiger partial charge on any atom is -0.450 e. The van der Waals surface area contributed by atoms with E-state index >= 15 is 0 Å². The second-order valence-electron chi connectivity index (χ2n) is 6.77. The van der Waals surface area contributed by atoms with E-state index < -0.39 is 32.1 Å². The van der Waals surface area contributed by atoms with Crippen molar-refractivity contribution >= 4 is 34.7 Å². The fourth-order valence-corrected chi connectivity index (χ4v) is 2.82. The lowest BCUT2D eigenvalue weighted by atomic mass is 10.1. The molecule has 13 heteroatoms. The Morgan fingerprint density at radius 3 is 2.14 bits per heavy atom. The van der Waals surface area contributed by atoms with Gasteiger partial charge in [-0.1, -0.05) is 18.2 Å². The van der Waals surface area contributed by atoms with Gasteiger partial charge in [-0.2, -0.15) is 5.26 Å². The Kier molecular flexibility index (Phi) is 7.08. The maximum absolute atomic E-state index is 12.4. The van der Waals surface area contributed by atoms with Gasteiger partial charge in [0.05, 0.1) is 20.8 Å². The molecule has 0 aliphatic rings. The van der Waals surface area contributed by atoms with Crippen LogP contribution in [-0.2, 0) is 4.79 Å². The van der Waals surface area contributed by atoms with Crippen LogP contribution in [0.25, 0.3) is 6.08 Å². The third-order valence-electron chi connectivity index (χ3n) is 4.45. The lowest BCUT2D eigenvalue weighted by Crippen LogP contribution is -2.13. The van der Waals surface area contributed by atoms with Gasteiger partial charge in [-0.25, -0.2) is 0 Å². The number of amides is 1. The number of ether oxygens (including phenoxy) is 1. The van der Waals surface area contributed by atoms with Crippen LogP contribution in [0.2, 0.25) is 0 Å². The maximum Gasteiger partial charge on any atom is 0.318 e. The number of hydrogen-bond acceptors (Lipinski definition) is 9. The molecule has 35 heavy (non-hydrogen) atoms. The zero-order valence-electron chi connectivity index (χ0n) is 17.5. The summed E-state index contributed by atoms with van der Waals surface area (Å²) in [5.74, 6) is -0.827. The van der Waals surface area contributed by atoms with Crippen LogP contribution in [0.5, 0.6) is 11.5 Å². The monoisotopic (exact) mass is 475 g/mol. The molecule has 3 aromatic rings. The van der Waals surface area contributed by atoms with Crippen LogP contribution in [-0.4, -0.2) is 20.7 Å². The molecule has 0 fully saturated rings. The van der Waals surface area contributed by atoms with E-state index in [1.165, 1.54) is 48.5 Å². The number of nitro benzene ring substituents is 3. The van der Waals surface area contributed by atoms with Crippen molar-refractivity contribution in [2.75, 3.05) is 5.32 Å². The fraction of sp³-hybridized carbons (Fsp3) is 0. The molecule has 0 aliphatic heterocycles. The number of nitrogens with one attached hydrogen (secondary N) is 1. The minimum atomic E-state index is -0.807. The number of nitro groups is 3. The van der Waals surface area contributed by atoms with Crippen LogP contribution in [0.15, 0.2) is 72.3 Å². The van der Waals surface area contributed by atoms with Crippen molar-refractivity contribution in [2.45, 2.75) is 0 Å². The summed E-state index contributed by atoms with van der Waals surface area (Å²) in [7, 11) is 0. The minimum absolute atomic E-state index is 0.138. The summed E-state index contributed by atoms with van der Waals surface area (Å²) < 4.78 is 5.46. The Bertz CT molecular complexity index is 1410. The van der Waals surface area contributed by atoms with Gasteiger partial charge in [-0.15, -0.1) is 0 Å². The molecule has 174 valence electrons. The highest BCUT2D eigenvalue weighted by Gasteiger charge is 2.21. The molecule has 0 aliphatic carbocycles. The van der Waals surface area contributed by atoms with Gasteiger partial charge in [0.2, 0.25) is 5.75 Å². The standard InChI is InChI=1S/C22H13N5O8/c23-13-15(22(28)24-16-2-1-3-17(11-16)25(29)30)10-14-4-7-19(8-5-14)35-21-9-6-18(26(31)32)12-20(21)27(33)34/h1-12H,(H,24,28)/b15-10+. The summed E-state index contributed by atoms with van der Waals surface area (Å²) in [5, 5.41) is 44.7. The molecular formula is C22H13N5O8. The normalized spacial score (nSPS) is 10.7. The Morgan fingerprint density at radius 1 is 0.886 bits per heavy atom. The van der Waals surface area contributed by atoms with Crippen LogP contribution < -0.4 is 10.1 Å². The van der Waals surface area contributed by atoms with Gasteiger partial charge in [0.25, 0.3) is 17.3 Å². The van der Waals surface area contributed by atoms with Crippen molar-refractivity contribution in [1.82, 2.24) is 0 Å². The maximum atomic E-state index is 12.4. The highest BCUT2D eigenvalue weighted by molar-refractivity contribution is 6.09. The average Bonchev–Trinajstić information content (AvgIpc) is 2.83. The van der Waals surface area contributed by atoms with E-state index in [9.17, 15) is 40.4 Å². The number of anilines is 1. The van der Waals surface area contributed by atoms with Gasteiger partial charge >= 0.3 is 5.69 Å². The van der Waals surface area contributed by atoms with Crippen LogP contribution >= 0.6 is 0 Å². The molecule has 1 N–H and O–H groups in total. The molecule has 0 atom stereocenters. The molecule has 0 radical (unpaired) electrons. The van der Waals surface area contributed by atoms with E-state index in [1.807, 2.05) is 0 Å². The number of rotatable bonds is 8. The zero-order chi connectivity index (χ0) is 25.5. The average molecular weight is 475 g/mol. The van der Waals surface area contributed by atoms with E-state index in [4.69, 9.17) is 4.74 Å². The molecule has 0 aromatic heterocycles. The van der Waals surface area contributed by atoms with Gasteiger partial charge in [0, 0.05) is 23.9 Å². The van der Waals surface area contributed by atoms with E-state index in [0.717, 1.165) is 24.3 Å². The second kappa shape index (κ2) is 10.3. The number of hydrogen-bond donors (Lipinski definition) is 1. The third kappa shape index (κ3) is 5.99. The SMILES string of the molecule is N#C/C(=C\c1ccc(Oc2ccc([N+](=O)[O-])cc2[N+](=O)[O-])cc1)C(=O)Nc1cccc([N+](=O)[O-])c1. The molecule has 0 saturated heterocycles. The molecule has 13 nitrogen and oxygen atoms in total. The van der Waals surface area contributed by atoms with Crippen molar-refractivity contribution in [1.29, 1.82) is 5.26 Å². The summed E-state index contributed by atoms with van der Waals surface area (Å²) in [6.07, 6.45) is 1.27. The molecular weight excluding hydrogens is 462 g/mol. The van der Waals surface area contributed by atoms with Gasteiger partial charge < -0.3 is 10.1 Å². The molecule has 3 rings (SSSR count). The first kappa shape index (κ1) is 24.0. The number of benzene rings is 3. The highest BCUT2D eigenvalue weighted by atomic mass is 16.6. The number of nitriles is 1. The van der Waals surface area contributed by atoms with Crippen molar-refractivity contribution in [2.24, 2.45) is 0 Å². The first-order valence-corrected chi connectivity index (χ1v) is 9.56. The van der Waals surface area contributed by atoms with Crippen LogP contribution in [0, 0.1) is 41.7 Å². The Labute approximate surface area is 195 Å². The lowest BCUT2D eigenvalue weighted by molar-refractivity contribution is -0.394.